The summed E-state index contributed by atoms with van der Waals surface area (Å²) in [5.74, 6) is -0.440. The molecule has 2 aromatic heterocycles. The van der Waals surface area contributed by atoms with Gasteiger partial charge < -0.3 is 5.32 Å². The van der Waals surface area contributed by atoms with Crippen LogP contribution in [0.5, 0.6) is 0 Å². The molecule has 1 N–H and O–H groups in total. The van der Waals surface area contributed by atoms with E-state index < -0.39 is 17.8 Å². The van der Waals surface area contributed by atoms with E-state index in [4.69, 9.17) is 0 Å². The number of hydrogen-bond acceptors (Lipinski definition) is 3. The van der Waals surface area contributed by atoms with Crippen LogP contribution in [0, 0.1) is 0 Å². The summed E-state index contributed by atoms with van der Waals surface area (Å²) in [7, 11) is 0. The highest BCUT2D eigenvalue weighted by molar-refractivity contribution is 5.76. The Morgan fingerprint density at radius 1 is 1.38 bits per heavy atom. The number of pyridine rings is 1. The molecular formula is C13H13F3N4O. The largest absolute Gasteiger partial charge is 0.435 e. The summed E-state index contributed by atoms with van der Waals surface area (Å²) in [5, 5.41) is 5.97. The van der Waals surface area contributed by atoms with Crippen molar-refractivity contribution in [1.29, 1.82) is 0 Å². The third-order valence-electron chi connectivity index (χ3n) is 2.75. The van der Waals surface area contributed by atoms with Gasteiger partial charge in [0, 0.05) is 12.4 Å². The molecule has 0 saturated carbocycles. The summed E-state index contributed by atoms with van der Waals surface area (Å²) in [4.78, 5) is 15.9. The van der Waals surface area contributed by atoms with Crippen molar-refractivity contribution in [3.63, 3.8) is 0 Å². The molecule has 0 unspecified atom stereocenters. The Bertz CT molecular complexity index is 609. The Hall–Kier alpha value is -2.38. The van der Waals surface area contributed by atoms with Gasteiger partial charge in [-0.15, -0.1) is 0 Å². The van der Waals surface area contributed by atoms with E-state index in [0.29, 0.717) is 5.69 Å². The van der Waals surface area contributed by atoms with Crippen molar-refractivity contribution >= 4 is 5.91 Å². The Balaban J connectivity index is 1.94. The highest BCUT2D eigenvalue weighted by atomic mass is 19.4. The predicted molar refractivity (Wildman–Crippen MR) is 68.0 cm³/mol. The monoisotopic (exact) mass is 298 g/mol. The number of rotatable bonds is 4. The zero-order valence-corrected chi connectivity index (χ0v) is 11.1. The molecule has 2 heterocycles. The number of halogens is 3. The van der Waals surface area contributed by atoms with Gasteiger partial charge in [0.1, 0.15) is 6.54 Å². The second-order valence-corrected chi connectivity index (χ2v) is 4.44. The van der Waals surface area contributed by atoms with Crippen molar-refractivity contribution in [1.82, 2.24) is 20.1 Å². The zero-order chi connectivity index (χ0) is 15.5. The van der Waals surface area contributed by atoms with Crippen LogP contribution in [-0.4, -0.2) is 20.7 Å². The maximum Gasteiger partial charge on any atom is 0.435 e. The Labute approximate surface area is 118 Å². The lowest BCUT2D eigenvalue weighted by atomic mass is 10.2. The molecule has 0 saturated heterocycles. The van der Waals surface area contributed by atoms with Gasteiger partial charge in [-0.05, 0) is 25.1 Å². The molecule has 0 bridgehead atoms. The van der Waals surface area contributed by atoms with E-state index in [1.54, 1.807) is 31.3 Å². The molecule has 2 rings (SSSR count). The number of nitrogens with one attached hydrogen (secondary N) is 1. The lowest BCUT2D eigenvalue weighted by molar-refractivity contribution is -0.141. The lowest BCUT2D eigenvalue weighted by Crippen LogP contribution is -2.30. The average Bonchev–Trinajstić information content (AvgIpc) is 2.88. The minimum absolute atomic E-state index is 0.284. The van der Waals surface area contributed by atoms with Crippen LogP contribution in [0.1, 0.15) is 24.4 Å². The normalized spacial score (nSPS) is 13.0. The fraction of sp³-hybridized carbons (Fsp3) is 0.308. The number of hydrogen-bond donors (Lipinski definition) is 1. The summed E-state index contributed by atoms with van der Waals surface area (Å²) in [6.45, 7) is 1.46. The number of carbonyl (C=O) groups is 1. The van der Waals surface area contributed by atoms with E-state index in [1.165, 1.54) is 0 Å². The second kappa shape index (κ2) is 5.94. The maximum absolute atomic E-state index is 12.4. The van der Waals surface area contributed by atoms with Crippen molar-refractivity contribution in [2.24, 2.45) is 0 Å². The van der Waals surface area contributed by atoms with E-state index in [2.05, 4.69) is 15.4 Å². The van der Waals surface area contributed by atoms with Crippen LogP contribution in [0.25, 0.3) is 0 Å². The van der Waals surface area contributed by atoms with Gasteiger partial charge in [-0.3, -0.25) is 14.5 Å². The molecule has 0 fully saturated rings. The van der Waals surface area contributed by atoms with E-state index in [9.17, 15) is 18.0 Å². The van der Waals surface area contributed by atoms with Crippen LogP contribution in [0.4, 0.5) is 13.2 Å². The van der Waals surface area contributed by atoms with Gasteiger partial charge in [-0.1, -0.05) is 6.07 Å². The summed E-state index contributed by atoms with van der Waals surface area (Å²) in [6, 6.07) is 5.78. The van der Waals surface area contributed by atoms with Gasteiger partial charge in [0.05, 0.1) is 11.7 Å². The Morgan fingerprint density at radius 3 is 2.71 bits per heavy atom. The molecule has 0 aliphatic carbocycles. The number of carbonyl (C=O) groups excluding carboxylic acids is 1. The van der Waals surface area contributed by atoms with Gasteiger partial charge in [-0.2, -0.15) is 18.3 Å². The molecule has 1 atom stereocenters. The molecule has 112 valence electrons. The molecule has 2 aromatic rings. The summed E-state index contributed by atoms with van der Waals surface area (Å²) in [6.07, 6.45) is -1.79. The van der Waals surface area contributed by atoms with E-state index in [0.717, 1.165) is 16.9 Å². The average molecular weight is 298 g/mol. The maximum atomic E-state index is 12.4. The molecule has 0 aliphatic rings. The van der Waals surface area contributed by atoms with Crippen molar-refractivity contribution < 1.29 is 18.0 Å². The fourth-order valence-electron chi connectivity index (χ4n) is 1.74. The molecule has 0 spiro atoms. The van der Waals surface area contributed by atoms with E-state index in [-0.39, 0.29) is 12.6 Å². The van der Waals surface area contributed by atoms with Crippen LogP contribution in [0.15, 0.2) is 36.7 Å². The van der Waals surface area contributed by atoms with Crippen LogP contribution < -0.4 is 5.32 Å². The van der Waals surface area contributed by atoms with Gasteiger partial charge in [0.15, 0.2) is 5.69 Å². The highest BCUT2D eigenvalue weighted by Crippen LogP contribution is 2.27. The number of amides is 1. The van der Waals surface area contributed by atoms with E-state index in [1.807, 2.05) is 0 Å². The standard InChI is InChI=1S/C13H13F3N4O/c1-9(10-4-2-3-6-17-10)18-12(21)8-20-7-5-11(19-20)13(14,15)16/h2-7,9H,8H2,1H3,(H,18,21)/t9-/m1/s1. The smallest absolute Gasteiger partial charge is 0.346 e. The third-order valence-corrected chi connectivity index (χ3v) is 2.75. The molecule has 21 heavy (non-hydrogen) atoms. The molecule has 0 aliphatic heterocycles. The van der Waals surface area contributed by atoms with Crippen LogP contribution in [-0.2, 0) is 17.5 Å². The first-order valence-electron chi connectivity index (χ1n) is 6.17. The van der Waals surface area contributed by atoms with Crippen LogP contribution >= 0.6 is 0 Å². The fourth-order valence-corrected chi connectivity index (χ4v) is 1.74. The number of nitrogens with zero attached hydrogens (tertiary/aromatic N) is 3. The molecule has 5 nitrogen and oxygen atoms in total. The third kappa shape index (κ3) is 4.04. The van der Waals surface area contributed by atoms with Gasteiger partial charge in [0.2, 0.25) is 5.91 Å². The number of aromatic nitrogens is 3. The first-order valence-corrected chi connectivity index (χ1v) is 6.17. The van der Waals surface area contributed by atoms with Crippen LogP contribution in [0.3, 0.4) is 0 Å². The first kappa shape index (κ1) is 15.0. The van der Waals surface area contributed by atoms with Gasteiger partial charge in [0.25, 0.3) is 0 Å². The zero-order valence-electron chi connectivity index (χ0n) is 11.1. The topological polar surface area (TPSA) is 59.8 Å². The molecule has 1 amide bonds. The predicted octanol–water partition coefficient (Wildman–Crippen LogP) is 2.17. The minimum atomic E-state index is -4.51. The Morgan fingerprint density at radius 2 is 2.14 bits per heavy atom. The van der Waals surface area contributed by atoms with Gasteiger partial charge in [-0.25, -0.2) is 0 Å². The first-order chi connectivity index (χ1) is 9.86. The van der Waals surface area contributed by atoms with Crippen molar-refractivity contribution in [2.75, 3.05) is 0 Å². The van der Waals surface area contributed by atoms with Crippen molar-refractivity contribution in [3.05, 3.63) is 48.0 Å². The van der Waals surface area contributed by atoms with Crippen LogP contribution in [0.2, 0.25) is 0 Å². The summed E-state index contributed by atoms with van der Waals surface area (Å²) in [5.41, 5.74) is -0.352. The highest BCUT2D eigenvalue weighted by Gasteiger charge is 2.33. The van der Waals surface area contributed by atoms with Crippen molar-refractivity contribution in [3.8, 4) is 0 Å². The van der Waals surface area contributed by atoms with Gasteiger partial charge >= 0.3 is 6.18 Å². The quantitative estimate of drug-likeness (QED) is 0.941. The second-order valence-electron chi connectivity index (χ2n) is 4.44. The number of alkyl halides is 3. The SMILES string of the molecule is C[C@@H](NC(=O)Cn1ccc(C(F)(F)F)n1)c1ccccn1. The molecular weight excluding hydrogens is 285 g/mol. The van der Waals surface area contributed by atoms with Crippen molar-refractivity contribution in [2.45, 2.75) is 25.7 Å². The summed E-state index contributed by atoms with van der Waals surface area (Å²) < 4.78 is 38.1. The molecule has 0 radical (unpaired) electrons. The summed E-state index contributed by atoms with van der Waals surface area (Å²) >= 11 is 0. The lowest BCUT2D eigenvalue weighted by Gasteiger charge is -2.13. The molecule has 8 heteroatoms. The van der Waals surface area contributed by atoms with E-state index >= 15 is 0 Å². The molecule has 0 aromatic carbocycles. The minimum Gasteiger partial charge on any atom is -0.346 e. The Kier molecular flexibility index (Phi) is 4.25.